The number of benzene rings is 3. The van der Waals surface area contributed by atoms with Gasteiger partial charge in [-0.1, -0.05) is 54.6 Å². The van der Waals surface area contributed by atoms with Gasteiger partial charge >= 0.3 is 6.03 Å². The molecule has 1 aromatic heterocycles. The van der Waals surface area contributed by atoms with Gasteiger partial charge in [-0.2, -0.15) is 0 Å². The third kappa shape index (κ3) is 3.87. The first-order valence-corrected chi connectivity index (χ1v) is 10.9. The van der Waals surface area contributed by atoms with Gasteiger partial charge in [0.05, 0.1) is 11.4 Å². The van der Waals surface area contributed by atoms with E-state index in [1.807, 2.05) is 24.3 Å². The molecule has 3 aromatic carbocycles. The van der Waals surface area contributed by atoms with E-state index in [0.29, 0.717) is 16.9 Å². The summed E-state index contributed by atoms with van der Waals surface area (Å²) in [6.45, 7) is -0.0592. The highest BCUT2D eigenvalue weighted by molar-refractivity contribution is 6.46. The van der Waals surface area contributed by atoms with E-state index in [0.717, 1.165) is 20.7 Å². The third-order valence-corrected chi connectivity index (χ3v) is 5.72. The summed E-state index contributed by atoms with van der Waals surface area (Å²) < 4.78 is 1.66. The summed E-state index contributed by atoms with van der Waals surface area (Å²) in [5.41, 5.74) is 7.19. The topological polar surface area (TPSA) is 106 Å². The van der Waals surface area contributed by atoms with E-state index in [1.165, 1.54) is 6.08 Å². The first-order chi connectivity index (χ1) is 17.0. The maximum atomic E-state index is 13.6. The SMILES string of the molecule is NC(=O)Cn1cc(C=C2C(=O)N(c3ccccc3)C(=O)N(c3ccccc3)C2=O)c2ccccc21. The zero-order chi connectivity index (χ0) is 24.5. The van der Waals surface area contributed by atoms with E-state index in [4.69, 9.17) is 5.73 Å². The molecule has 0 bridgehead atoms. The molecule has 0 radical (unpaired) electrons. The number of para-hydroxylation sites is 3. The first-order valence-electron chi connectivity index (χ1n) is 10.9. The molecule has 5 amide bonds. The summed E-state index contributed by atoms with van der Waals surface area (Å²) in [7, 11) is 0. The van der Waals surface area contributed by atoms with Gasteiger partial charge in [0.25, 0.3) is 11.8 Å². The van der Waals surface area contributed by atoms with Gasteiger partial charge < -0.3 is 10.3 Å². The maximum Gasteiger partial charge on any atom is 0.343 e. The number of aromatic nitrogens is 1. The minimum Gasteiger partial charge on any atom is -0.368 e. The normalized spacial score (nSPS) is 14.1. The van der Waals surface area contributed by atoms with Crippen LogP contribution in [0.15, 0.2) is 96.7 Å². The van der Waals surface area contributed by atoms with Gasteiger partial charge in [-0.05, 0) is 36.4 Å². The molecule has 172 valence electrons. The fourth-order valence-corrected chi connectivity index (χ4v) is 4.18. The van der Waals surface area contributed by atoms with Gasteiger partial charge in [-0.3, -0.25) is 14.4 Å². The van der Waals surface area contributed by atoms with Crippen molar-refractivity contribution in [2.24, 2.45) is 5.73 Å². The average molecular weight is 464 g/mol. The number of fused-ring (bicyclic) bond motifs is 1. The Morgan fingerprint density at radius 2 is 1.26 bits per heavy atom. The number of nitrogens with two attached hydrogens (primary N) is 1. The summed E-state index contributed by atoms with van der Waals surface area (Å²) in [6, 6.07) is 23.4. The molecule has 0 atom stereocenters. The smallest absolute Gasteiger partial charge is 0.343 e. The van der Waals surface area contributed by atoms with Crippen LogP contribution in [0.5, 0.6) is 0 Å². The number of imide groups is 2. The molecule has 8 heteroatoms. The molecule has 5 rings (SSSR count). The molecular formula is C27H20N4O4. The largest absolute Gasteiger partial charge is 0.368 e. The van der Waals surface area contributed by atoms with Crippen molar-refractivity contribution >= 4 is 52.1 Å². The lowest BCUT2D eigenvalue weighted by Crippen LogP contribution is -2.57. The fourth-order valence-electron chi connectivity index (χ4n) is 4.18. The number of hydrogen-bond acceptors (Lipinski definition) is 4. The predicted octanol–water partition coefficient (Wildman–Crippen LogP) is 3.71. The van der Waals surface area contributed by atoms with E-state index >= 15 is 0 Å². The average Bonchev–Trinajstić information content (AvgIpc) is 3.20. The molecule has 0 unspecified atom stereocenters. The van der Waals surface area contributed by atoms with Crippen molar-refractivity contribution in [3.63, 3.8) is 0 Å². The lowest BCUT2D eigenvalue weighted by molar-refractivity contribution is -0.121. The van der Waals surface area contributed by atoms with E-state index in [-0.39, 0.29) is 12.1 Å². The van der Waals surface area contributed by atoms with E-state index in [1.54, 1.807) is 71.4 Å². The van der Waals surface area contributed by atoms with Crippen LogP contribution in [0.3, 0.4) is 0 Å². The number of nitrogens with zero attached hydrogens (tertiary/aromatic N) is 3. The van der Waals surface area contributed by atoms with E-state index in [9.17, 15) is 19.2 Å². The van der Waals surface area contributed by atoms with E-state index in [2.05, 4.69) is 0 Å². The third-order valence-electron chi connectivity index (χ3n) is 5.72. The fraction of sp³-hybridized carbons (Fsp3) is 0.0370. The van der Waals surface area contributed by atoms with Gasteiger partial charge in [0.1, 0.15) is 12.1 Å². The Labute approximate surface area is 200 Å². The minimum atomic E-state index is -0.759. The summed E-state index contributed by atoms with van der Waals surface area (Å²) in [4.78, 5) is 54.1. The van der Waals surface area contributed by atoms with Crippen LogP contribution in [-0.4, -0.2) is 28.3 Å². The maximum absolute atomic E-state index is 13.6. The molecule has 2 heterocycles. The Kier molecular flexibility index (Phi) is 5.46. The van der Waals surface area contributed by atoms with Gasteiger partial charge in [-0.25, -0.2) is 14.6 Å². The van der Waals surface area contributed by atoms with Crippen LogP contribution in [0, 0.1) is 0 Å². The molecule has 2 N–H and O–H groups in total. The standard InChI is InChI=1S/C27H20N4O4/c28-24(32)17-29-16-18(21-13-7-8-14-23(21)29)15-22-25(33)30(19-9-3-1-4-10-19)27(35)31(26(22)34)20-11-5-2-6-12-20/h1-16H,17H2,(H2,28,32). The molecule has 1 fully saturated rings. The van der Waals surface area contributed by atoms with Crippen molar-refractivity contribution in [2.75, 3.05) is 9.80 Å². The molecule has 1 aliphatic heterocycles. The van der Waals surface area contributed by atoms with Crippen LogP contribution in [0.25, 0.3) is 17.0 Å². The molecule has 1 saturated heterocycles. The van der Waals surface area contributed by atoms with Crippen LogP contribution in [0.2, 0.25) is 0 Å². The highest BCUT2D eigenvalue weighted by atomic mass is 16.2. The second-order valence-corrected chi connectivity index (χ2v) is 7.99. The summed E-state index contributed by atoms with van der Waals surface area (Å²) >= 11 is 0. The first kappa shape index (κ1) is 21.8. The minimum absolute atomic E-state index is 0.0592. The van der Waals surface area contributed by atoms with Crippen LogP contribution in [0.1, 0.15) is 5.56 Å². The number of amides is 5. The molecule has 0 saturated carbocycles. The highest BCUT2D eigenvalue weighted by Gasteiger charge is 2.43. The number of rotatable bonds is 5. The van der Waals surface area contributed by atoms with Gasteiger partial charge in [0.2, 0.25) is 5.91 Å². The molecule has 8 nitrogen and oxygen atoms in total. The zero-order valence-corrected chi connectivity index (χ0v) is 18.5. The number of primary amides is 1. The van der Waals surface area contributed by atoms with Crippen LogP contribution >= 0.6 is 0 Å². The van der Waals surface area contributed by atoms with Gasteiger partial charge in [-0.15, -0.1) is 0 Å². The second-order valence-electron chi connectivity index (χ2n) is 7.99. The van der Waals surface area contributed by atoms with Crippen molar-refractivity contribution in [1.82, 2.24) is 4.57 Å². The monoisotopic (exact) mass is 464 g/mol. The molecule has 35 heavy (non-hydrogen) atoms. The quantitative estimate of drug-likeness (QED) is 0.359. The van der Waals surface area contributed by atoms with Crippen molar-refractivity contribution in [2.45, 2.75) is 6.54 Å². The summed E-state index contributed by atoms with van der Waals surface area (Å²) in [6.07, 6.45) is 3.13. The lowest BCUT2D eigenvalue weighted by atomic mass is 10.0. The Morgan fingerprint density at radius 1 is 0.743 bits per heavy atom. The zero-order valence-electron chi connectivity index (χ0n) is 18.5. The van der Waals surface area contributed by atoms with Crippen molar-refractivity contribution in [3.05, 3.63) is 102 Å². The molecule has 4 aromatic rings. The Morgan fingerprint density at radius 3 is 1.80 bits per heavy atom. The number of urea groups is 1. The van der Waals surface area contributed by atoms with Crippen LogP contribution in [-0.2, 0) is 20.9 Å². The van der Waals surface area contributed by atoms with E-state index < -0.39 is 23.8 Å². The van der Waals surface area contributed by atoms with Gasteiger partial charge in [0.15, 0.2) is 0 Å². The number of carbonyl (C=O) groups excluding carboxylic acids is 4. The Bertz CT molecular complexity index is 1440. The Balaban J connectivity index is 1.69. The molecule has 1 aliphatic rings. The lowest BCUT2D eigenvalue weighted by Gasteiger charge is -2.33. The Hall–Kier alpha value is -4.98. The number of carbonyl (C=O) groups is 4. The van der Waals surface area contributed by atoms with Crippen molar-refractivity contribution < 1.29 is 19.2 Å². The second kappa shape index (κ2) is 8.75. The number of anilines is 2. The summed E-state index contributed by atoms with van der Waals surface area (Å²) in [5, 5.41) is 0.733. The van der Waals surface area contributed by atoms with Crippen molar-refractivity contribution in [1.29, 1.82) is 0 Å². The highest BCUT2D eigenvalue weighted by Crippen LogP contribution is 2.31. The molecular weight excluding hydrogens is 444 g/mol. The predicted molar refractivity (Wildman–Crippen MR) is 132 cm³/mol. The van der Waals surface area contributed by atoms with Crippen molar-refractivity contribution in [3.8, 4) is 0 Å². The summed E-state index contributed by atoms with van der Waals surface area (Å²) in [5.74, 6) is -1.99. The number of barbiturate groups is 1. The molecule has 0 spiro atoms. The molecule has 0 aliphatic carbocycles. The van der Waals surface area contributed by atoms with Crippen LogP contribution < -0.4 is 15.5 Å². The van der Waals surface area contributed by atoms with Crippen LogP contribution in [0.4, 0.5) is 16.2 Å². The number of hydrogen-bond donors (Lipinski definition) is 1. The van der Waals surface area contributed by atoms with Gasteiger partial charge in [0, 0.05) is 22.7 Å².